The number of nitrogens with one attached hydrogen (secondary N) is 1. The van der Waals surface area contributed by atoms with Crippen LogP contribution in [0.25, 0.3) is 0 Å². The number of nitrogens with zero attached hydrogens (tertiary/aromatic N) is 1. The number of hydrogen-bond acceptors (Lipinski definition) is 3. The minimum Gasteiger partial charge on any atom is -0.388 e. The zero-order valence-corrected chi connectivity index (χ0v) is 13.3. The summed E-state index contributed by atoms with van der Waals surface area (Å²) in [5.41, 5.74) is 1.35. The van der Waals surface area contributed by atoms with Gasteiger partial charge in [0.25, 0.3) is 0 Å². The molecular weight excluding hydrogens is 267 g/mol. The normalized spacial score (nSPS) is 24.1. The minimum absolute atomic E-state index is 0.0996. The molecule has 1 aromatic carbocycles. The van der Waals surface area contributed by atoms with Gasteiger partial charge in [-0.15, -0.1) is 0 Å². The van der Waals surface area contributed by atoms with Crippen molar-refractivity contribution in [2.45, 2.75) is 51.7 Å². The first-order chi connectivity index (χ1) is 9.93. The van der Waals surface area contributed by atoms with E-state index in [1.165, 1.54) is 6.07 Å². The lowest BCUT2D eigenvalue weighted by molar-refractivity contribution is 0.0448. The third-order valence-corrected chi connectivity index (χ3v) is 4.17. The van der Waals surface area contributed by atoms with Crippen LogP contribution in [0.15, 0.2) is 18.2 Å². The molecule has 0 saturated carbocycles. The van der Waals surface area contributed by atoms with Crippen molar-refractivity contribution in [1.29, 1.82) is 0 Å². The second-order valence-corrected chi connectivity index (χ2v) is 6.40. The van der Waals surface area contributed by atoms with Gasteiger partial charge in [0, 0.05) is 24.8 Å². The minimum atomic E-state index is -0.663. The molecule has 1 fully saturated rings. The summed E-state index contributed by atoms with van der Waals surface area (Å²) < 4.78 is 13.7. The van der Waals surface area contributed by atoms with Crippen LogP contribution in [0.4, 0.5) is 10.1 Å². The number of β-amino-alcohol motifs (C(OH)–C–C–N with tert-alkyl or cyclic N) is 1. The van der Waals surface area contributed by atoms with E-state index < -0.39 is 5.60 Å². The second-order valence-electron chi connectivity index (χ2n) is 6.40. The van der Waals surface area contributed by atoms with E-state index in [1.807, 2.05) is 13.0 Å². The average molecular weight is 294 g/mol. The molecule has 2 atom stereocenters. The lowest BCUT2D eigenvalue weighted by Gasteiger charge is -2.39. The van der Waals surface area contributed by atoms with Crippen LogP contribution in [0, 0.1) is 5.82 Å². The van der Waals surface area contributed by atoms with E-state index in [2.05, 4.69) is 24.1 Å². The molecule has 1 aliphatic rings. The number of piperidine rings is 1. The third kappa shape index (κ3) is 4.17. The quantitative estimate of drug-likeness (QED) is 0.875. The summed E-state index contributed by atoms with van der Waals surface area (Å²) in [7, 11) is 0. The zero-order valence-electron chi connectivity index (χ0n) is 13.3. The van der Waals surface area contributed by atoms with Crippen molar-refractivity contribution in [1.82, 2.24) is 5.32 Å². The van der Waals surface area contributed by atoms with E-state index in [0.717, 1.165) is 43.6 Å². The molecule has 0 spiro atoms. The van der Waals surface area contributed by atoms with Gasteiger partial charge in [-0.2, -0.15) is 0 Å². The molecule has 4 heteroatoms. The van der Waals surface area contributed by atoms with Crippen LogP contribution in [0.3, 0.4) is 0 Å². The van der Waals surface area contributed by atoms with Crippen molar-refractivity contribution in [3.05, 3.63) is 29.6 Å². The van der Waals surface area contributed by atoms with E-state index in [9.17, 15) is 9.50 Å². The molecule has 0 bridgehead atoms. The molecule has 2 N–H and O–H groups in total. The van der Waals surface area contributed by atoms with Crippen LogP contribution in [0.5, 0.6) is 0 Å². The first-order valence-corrected chi connectivity index (χ1v) is 7.93. The smallest absolute Gasteiger partial charge is 0.123 e. The maximum absolute atomic E-state index is 13.7. The highest BCUT2D eigenvalue weighted by Gasteiger charge is 2.30. The Balaban J connectivity index is 2.25. The van der Waals surface area contributed by atoms with Crippen molar-refractivity contribution < 1.29 is 9.50 Å². The van der Waals surface area contributed by atoms with Gasteiger partial charge in [0.05, 0.1) is 5.60 Å². The summed E-state index contributed by atoms with van der Waals surface area (Å²) in [6.07, 6.45) is 2.83. The van der Waals surface area contributed by atoms with E-state index in [1.54, 1.807) is 6.07 Å². The summed E-state index contributed by atoms with van der Waals surface area (Å²) >= 11 is 0. The maximum Gasteiger partial charge on any atom is 0.123 e. The van der Waals surface area contributed by atoms with E-state index in [0.29, 0.717) is 6.54 Å². The summed E-state index contributed by atoms with van der Waals surface area (Å²) in [5.74, 6) is -0.206. The SMILES string of the molecule is CCCNC(C)c1cc(F)ccc1N1CCCC(C)(O)C1. The standard InChI is InChI=1S/C17H27FN2O/c1-4-9-19-13(2)15-11-14(18)6-7-16(15)20-10-5-8-17(3,21)12-20/h6-7,11,13,19,21H,4-5,8-10,12H2,1-3H3. The summed E-state index contributed by atoms with van der Waals surface area (Å²) in [4.78, 5) is 2.18. The largest absolute Gasteiger partial charge is 0.388 e. The number of hydrogen-bond donors (Lipinski definition) is 2. The van der Waals surface area contributed by atoms with Gasteiger partial charge >= 0.3 is 0 Å². The first kappa shape index (κ1) is 16.2. The van der Waals surface area contributed by atoms with Crippen molar-refractivity contribution in [2.24, 2.45) is 0 Å². The molecule has 1 heterocycles. The van der Waals surface area contributed by atoms with Crippen LogP contribution in [0.1, 0.15) is 51.6 Å². The molecule has 3 nitrogen and oxygen atoms in total. The van der Waals surface area contributed by atoms with Crippen LogP contribution in [-0.4, -0.2) is 30.3 Å². The van der Waals surface area contributed by atoms with Gasteiger partial charge in [0.2, 0.25) is 0 Å². The van der Waals surface area contributed by atoms with Gasteiger partial charge in [0.1, 0.15) is 5.82 Å². The van der Waals surface area contributed by atoms with Gasteiger partial charge < -0.3 is 15.3 Å². The topological polar surface area (TPSA) is 35.5 Å². The summed E-state index contributed by atoms with van der Waals surface area (Å²) in [6.45, 7) is 8.49. The zero-order chi connectivity index (χ0) is 15.5. The average Bonchev–Trinajstić information content (AvgIpc) is 2.43. The molecular formula is C17H27FN2O. The highest BCUT2D eigenvalue weighted by Crippen LogP contribution is 2.32. The third-order valence-electron chi connectivity index (χ3n) is 4.17. The Bertz CT molecular complexity index is 476. The predicted octanol–water partition coefficient (Wildman–Crippen LogP) is 3.24. The Morgan fingerprint density at radius 3 is 2.90 bits per heavy atom. The Morgan fingerprint density at radius 1 is 1.48 bits per heavy atom. The molecule has 0 aliphatic carbocycles. The van der Waals surface area contributed by atoms with Gasteiger partial charge in [0.15, 0.2) is 0 Å². The van der Waals surface area contributed by atoms with E-state index in [-0.39, 0.29) is 11.9 Å². The number of anilines is 1. The van der Waals surface area contributed by atoms with Gasteiger partial charge in [-0.1, -0.05) is 6.92 Å². The molecule has 1 saturated heterocycles. The monoisotopic (exact) mass is 294 g/mol. The molecule has 2 rings (SSSR count). The van der Waals surface area contributed by atoms with Gasteiger partial charge in [-0.25, -0.2) is 4.39 Å². The number of rotatable bonds is 5. The van der Waals surface area contributed by atoms with Crippen LogP contribution < -0.4 is 10.2 Å². The lowest BCUT2D eigenvalue weighted by Crippen LogP contribution is -2.46. The van der Waals surface area contributed by atoms with Crippen LogP contribution in [0.2, 0.25) is 0 Å². The maximum atomic E-state index is 13.7. The molecule has 0 radical (unpaired) electrons. The molecule has 118 valence electrons. The molecule has 1 aliphatic heterocycles. The number of benzene rings is 1. The molecule has 1 aromatic rings. The molecule has 0 amide bonds. The highest BCUT2D eigenvalue weighted by molar-refractivity contribution is 5.56. The van der Waals surface area contributed by atoms with E-state index in [4.69, 9.17) is 0 Å². The van der Waals surface area contributed by atoms with Crippen molar-refractivity contribution in [3.8, 4) is 0 Å². The molecule has 2 unspecified atom stereocenters. The van der Waals surface area contributed by atoms with E-state index >= 15 is 0 Å². The highest BCUT2D eigenvalue weighted by atomic mass is 19.1. The lowest BCUT2D eigenvalue weighted by atomic mass is 9.93. The summed E-state index contributed by atoms with van der Waals surface area (Å²) in [5, 5.41) is 13.7. The number of aliphatic hydroxyl groups is 1. The Kier molecular flexibility index (Phi) is 5.22. The Labute approximate surface area is 127 Å². The van der Waals surface area contributed by atoms with Crippen molar-refractivity contribution in [3.63, 3.8) is 0 Å². The first-order valence-electron chi connectivity index (χ1n) is 7.93. The molecule has 0 aromatic heterocycles. The number of halogens is 1. The predicted molar refractivity (Wildman–Crippen MR) is 85.2 cm³/mol. The van der Waals surface area contributed by atoms with Crippen LogP contribution in [-0.2, 0) is 0 Å². The fraction of sp³-hybridized carbons (Fsp3) is 0.647. The Hall–Kier alpha value is -1.13. The second kappa shape index (κ2) is 6.75. The molecule has 21 heavy (non-hydrogen) atoms. The Morgan fingerprint density at radius 2 is 2.24 bits per heavy atom. The fourth-order valence-corrected chi connectivity index (χ4v) is 3.06. The van der Waals surface area contributed by atoms with Gasteiger partial charge in [-0.3, -0.25) is 0 Å². The summed E-state index contributed by atoms with van der Waals surface area (Å²) in [6, 6.07) is 5.07. The van der Waals surface area contributed by atoms with Crippen molar-refractivity contribution in [2.75, 3.05) is 24.5 Å². The fourth-order valence-electron chi connectivity index (χ4n) is 3.06. The van der Waals surface area contributed by atoms with Crippen LogP contribution >= 0.6 is 0 Å². The van der Waals surface area contributed by atoms with Gasteiger partial charge in [-0.05, 0) is 63.4 Å². The van der Waals surface area contributed by atoms with Crippen molar-refractivity contribution >= 4 is 5.69 Å².